The van der Waals surface area contributed by atoms with Gasteiger partial charge in [0, 0.05) is 31.5 Å². The first-order valence-electron chi connectivity index (χ1n) is 7.44. The summed E-state index contributed by atoms with van der Waals surface area (Å²) >= 11 is 0. The summed E-state index contributed by atoms with van der Waals surface area (Å²) in [5.41, 5.74) is 0. The van der Waals surface area contributed by atoms with Crippen molar-refractivity contribution in [1.82, 2.24) is 4.90 Å². The van der Waals surface area contributed by atoms with Gasteiger partial charge in [0.25, 0.3) is 0 Å². The maximum atomic E-state index is 11.4. The molecule has 0 N–H and O–H groups in total. The van der Waals surface area contributed by atoms with E-state index >= 15 is 0 Å². The van der Waals surface area contributed by atoms with Gasteiger partial charge in [-0.1, -0.05) is 26.7 Å². The van der Waals surface area contributed by atoms with E-state index in [0.717, 1.165) is 37.6 Å². The lowest BCUT2D eigenvalue weighted by Crippen LogP contribution is -2.45. The first kappa shape index (κ1) is 13.1. The normalized spacial score (nSPS) is 24.1. The van der Waals surface area contributed by atoms with Crippen LogP contribution < -0.4 is 0 Å². The predicted molar refractivity (Wildman–Crippen MR) is 71.1 cm³/mol. The molecular formula is C15H27NO. The summed E-state index contributed by atoms with van der Waals surface area (Å²) in [6.45, 7) is 5.86. The van der Waals surface area contributed by atoms with Crippen LogP contribution in [-0.2, 0) is 4.79 Å². The smallest absolute Gasteiger partial charge is 0.133 e. The monoisotopic (exact) mass is 237 g/mol. The number of nitrogens with zero attached hydrogens (tertiary/aromatic N) is 1. The van der Waals surface area contributed by atoms with Gasteiger partial charge in [0.2, 0.25) is 0 Å². The van der Waals surface area contributed by atoms with E-state index in [4.69, 9.17) is 0 Å². The fraction of sp³-hybridized carbons (Fsp3) is 0.933. The lowest BCUT2D eigenvalue weighted by atomic mass is 9.91. The molecule has 0 amide bonds. The third kappa shape index (κ3) is 3.54. The Morgan fingerprint density at radius 3 is 2.12 bits per heavy atom. The Kier molecular flexibility index (Phi) is 4.61. The van der Waals surface area contributed by atoms with E-state index in [0.29, 0.717) is 11.8 Å². The Hall–Kier alpha value is -0.370. The first-order chi connectivity index (χ1) is 8.16. The van der Waals surface area contributed by atoms with E-state index in [2.05, 4.69) is 18.7 Å². The second-order valence-corrected chi connectivity index (χ2v) is 6.30. The summed E-state index contributed by atoms with van der Waals surface area (Å²) in [5, 5.41) is 0. The van der Waals surface area contributed by atoms with Crippen molar-refractivity contribution >= 4 is 5.78 Å². The highest BCUT2D eigenvalue weighted by Crippen LogP contribution is 2.30. The minimum atomic E-state index is 0.483. The van der Waals surface area contributed by atoms with Crippen molar-refractivity contribution < 1.29 is 4.79 Å². The molecule has 0 saturated heterocycles. The molecule has 2 aliphatic carbocycles. The maximum absolute atomic E-state index is 11.4. The molecule has 98 valence electrons. The van der Waals surface area contributed by atoms with Crippen molar-refractivity contribution in [2.24, 2.45) is 5.92 Å². The van der Waals surface area contributed by atoms with Crippen molar-refractivity contribution in [2.75, 3.05) is 6.54 Å². The molecule has 0 unspecified atom stereocenters. The van der Waals surface area contributed by atoms with Crippen LogP contribution in [0.1, 0.15) is 65.2 Å². The van der Waals surface area contributed by atoms with E-state index in [1.807, 2.05) is 0 Å². The number of Topliss-reactive ketones (excluding diaryl/α,β-unsaturated/α-hetero) is 1. The summed E-state index contributed by atoms with van der Waals surface area (Å²) in [7, 11) is 0. The molecule has 0 radical (unpaired) electrons. The Morgan fingerprint density at radius 1 is 1.06 bits per heavy atom. The average molecular weight is 237 g/mol. The Labute approximate surface area is 106 Å². The number of hydrogen-bond donors (Lipinski definition) is 0. The summed E-state index contributed by atoms with van der Waals surface area (Å²) in [4.78, 5) is 14.1. The van der Waals surface area contributed by atoms with Gasteiger partial charge in [-0.05, 0) is 31.6 Å². The summed E-state index contributed by atoms with van der Waals surface area (Å²) < 4.78 is 0. The molecular weight excluding hydrogens is 210 g/mol. The molecule has 2 heteroatoms. The Morgan fingerprint density at radius 2 is 1.59 bits per heavy atom. The molecule has 0 bridgehead atoms. The van der Waals surface area contributed by atoms with Crippen LogP contribution in [0, 0.1) is 5.92 Å². The number of ketones is 1. The molecule has 2 nitrogen and oxygen atoms in total. The molecule has 0 spiro atoms. The van der Waals surface area contributed by atoms with E-state index in [9.17, 15) is 4.79 Å². The van der Waals surface area contributed by atoms with Crippen LogP contribution in [0.5, 0.6) is 0 Å². The predicted octanol–water partition coefficient (Wildman–Crippen LogP) is 3.40. The van der Waals surface area contributed by atoms with Gasteiger partial charge in [-0.15, -0.1) is 0 Å². The Bertz CT molecular complexity index is 246. The Balaban J connectivity index is 1.96. The van der Waals surface area contributed by atoms with Crippen LogP contribution in [-0.4, -0.2) is 29.3 Å². The summed E-state index contributed by atoms with van der Waals surface area (Å²) in [6, 6.07) is 1.51. The van der Waals surface area contributed by atoms with E-state index in [-0.39, 0.29) is 0 Å². The third-order valence-corrected chi connectivity index (χ3v) is 4.35. The van der Waals surface area contributed by atoms with Crippen molar-refractivity contribution in [3.05, 3.63) is 0 Å². The van der Waals surface area contributed by atoms with E-state index < -0.39 is 0 Å². The molecule has 0 aromatic heterocycles. The molecule has 2 aliphatic rings. The van der Waals surface area contributed by atoms with Crippen LogP contribution >= 0.6 is 0 Å². The lowest BCUT2D eigenvalue weighted by Gasteiger charge is -2.39. The van der Waals surface area contributed by atoms with Crippen molar-refractivity contribution in [3.8, 4) is 0 Å². The van der Waals surface area contributed by atoms with Gasteiger partial charge >= 0.3 is 0 Å². The summed E-state index contributed by atoms with van der Waals surface area (Å²) in [6.07, 6.45) is 9.46. The molecule has 0 atom stereocenters. The van der Waals surface area contributed by atoms with Crippen LogP contribution in [0.15, 0.2) is 0 Å². The van der Waals surface area contributed by atoms with Crippen molar-refractivity contribution in [2.45, 2.75) is 77.3 Å². The molecule has 2 saturated carbocycles. The zero-order valence-electron chi connectivity index (χ0n) is 11.5. The molecule has 0 heterocycles. The third-order valence-electron chi connectivity index (χ3n) is 4.35. The fourth-order valence-corrected chi connectivity index (χ4v) is 3.51. The van der Waals surface area contributed by atoms with Crippen LogP contribution in [0.2, 0.25) is 0 Å². The first-order valence-corrected chi connectivity index (χ1v) is 7.44. The van der Waals surface area contributed by atoms with Gasteiger partial charge < -0.3 is 0 Å². The second kappa shape index (κ2) is 5.99. The standard InChI is InChI=1S/C15H27NO/c1-12(2)11-16(13-5-3-4-6-13)14-7-9-15(17)10-8-14/h12-14H,3-11H2,1-2H3. The molecule has 2 rings (SSSR count). The number of rotatable bonds is 4. The molecule has 0 aromatic carbocycles. The minimum absolute atomic E-state index is 0.483. The van der Waals surface area contributed by atoms with E-state index in [1.165, 1.54) is 32.2 Å². The largest absolute Gasteiger partial charge is 0.300 e. The highest BCUT2D eigenvalue weighted by molar-refractivity contribution is 5.79. The minimum Gasteiger partial charge on any atom is -0.300 e. The van der Waals surface area contributed by atoms with Gasteiger partial charge in [-0.25, -0.2) is 0 Å². The number of carbonyl (C=O) groups excluding carboxylic acids is 1. The molecule has 2 fully saturated rings. The number of hydrogen-bond acceptors (Lipinski definition) is 2. The van der Waals surface area contributed by atoms with Gasteiger partial charge in [-0.2, -0.15) is 0 Å². The fourth-order valence-electron chi connectivity index (χ4n) is 3.51. The molecule has 0 aromatic rings. The maximum Gasteiger partial charge on any atom is 0.133 e. The highest BCUT2D eigenvalue weighted by atomic mass is 16.1. The lowest BCUT2D eigenvalue weighted by molar-refractivity contribution is -0.121. The average Bonchev–Trinajstić information content (AvgIpc) is 2.80. The van der Waals surface area contributed by atoms with Crippen molar-refractivity contribution in [3.63, 3.8) is 0 Å². The van der Waals surface area contributed by atoms with Crippen LogP contribution in [0.3, 0.4) is 0 Å². The summed E-state index contributed by atoms with van der Waals surface area (Å²) in [5.74, 6) is 1.23. The number of carbonyl (C=O) groups is 1. The quantitative estimate of drug-likeness (QED) is 0.747. The SMILES string of the molecule is CC(C)CN(C1CCCC1)C1CCC(=O)CC1. The highest BCUT2D eigenvalue weighted by Gasteiger charge is 2.31. The zero-order chi connectivity index (χ0) is 12.3. The van der Waals surface area contributed by atoms with Gasteiger partial charge in [-0.3, -0.25) is 9.69 Å². The van der Waals surface area contributed by atoms with Gasteiger partial charge in [0.05, 0.1) is 0 Å². The molecule has 17 heavy (non-hydrogen) atoms. The zero-order valence-corrected chi connectivity index (χ0v) is 11.5. The van der Waals surface area contributed by atoms with Crippen LogP contribution in [0.4, 0.5) is 0 Å². The topological polar surface area (TPSA) is 20.3 Å². The second-order valence-electron chi connectivity index (χ2n) is 6.30. The van der Waals surface area contributed by atoms with Gasteiger partial charge in [0.1, 0.15) is 5.78 Å². The molecule has 0 aliphatic heterocycles. The van der Waals surface area contributed by atoms with Crippen LogP contribution in [0.25, 0.3) is 0 Å². The van der Waals surface area contributed by atoms with E-state index in [1.54, 1.807) is 0 Å². The van der Waals surface area contributed by atoms with Gasteiger partial charge in [0.15, 0.2) is 0 Å². The van der Waals surface area contributed by atoms with Crippen molar-refractivity contribution in [1.29, 1.82) is 0 Å².